The topological polar surface area (TPSA) is 105 Å². The Balaban J connectivity index is 1.49. The first-order chi connectivity index (χ1) is 11.9. The van der Waals surface area contributed by atoms with Crippen molar-refractivity contribution in [1.29, 1.82) is 0 Å². The Morgan fingerprint density at radius 1 is 1.44 bits per heavy atom. The van der Waals surface area contributed by atoms with Gasteiger partial charge in [-0.25, -0.2) is 4.79 Å². The molecule has 4 aliphatic rings. The number of rotatable bonds is 4. The van der Waals surface area contributed by atoms with Crippen LogP contribution >= 0.6 is 11.8 Å². The van der Waals surface area contributed by atoms with Crippen LogP contribution in [0.3, 0.4) is 0 Å². The predicted molar refractivity (Wildman–Crippen MR) is 92.9 cm³/mol. The molecule has 2 saturated heterocycles. The zero-order valence-electron chi connectivity index (χ0n) is 14.2. The average molecular weight is 366 g/mol. The molecule has 4 rings (SSSR count). The first kappa shape index (κ1) is 16.7. The molecule has 0 spiro atoms. The second-order valence-electron chi connectivity index (χ2n) is 7.05. The molecular formula is C16H22N4O4S. The number of guanidine groups is 1. The van der Waals surface area contributed by atoms with Gasteiger partial charge < -0.3 is 25.3 Å². The Bertz CT molecular complexity index is 686. The molecule has 8 nitrogen and oxygen atoms in total. The highest BCUT2D eigenvalue weighted by molar-refractivity contribution is 8.03. The molecule has 1 amide bonds. The van der Waals surface area contributed by atoms with Gasteiger partial charge in [0.05, 0.1) is 24.6 Å². The highest BCUT2D eigenvalue weighted by Gasteiger charge is 2.60. The lowest BCUT2D eigenvalue weighted by atomic mass is 9.79. The summed E-state index contributed by atoms with van der Waals surface area (Å²) in [5.74, 6) is -0.981. The number of aliphatic hydroxyl groups excluding tert-OH is 1. The van der Waals surface area contributed by atoms with Crippen molar-refractivity contribution in [3.8, 4) is 0 Å². The molecule has 25 heavy (non-hydrogen) atoms. The summed E-state index contributed by atoms with van der Waals surface area (Å²) in [6.45, 7) is 6.85. The molecule has 3 N–H and O–H groups in total. The van der Waals surface area contributed by atoms with Crippen LogP contribution in [0.25, 0.3) is 0 Å². The van der Waals surface area contributed by atoms with Crippen molar-refractivity contribution in [2.75, 3.05) is 26.2 Å². The largest absolute Gasteiger partial charge is 0.477 e. The molecule has 0 saturated carbocycles. The van der Waals surface area contributed by atoms with Crippen molar-refractivity contribution >= 4 is 29.6 Å². The Labute approximate surface area is 149 Å². The van der Waals surface area contributed by atoms with Gasteiger partial charge in [-0.15, -0.1) is 11.8 Å². The summed E-state index contributed by atoms with van der Waals surface area (Å²) in [4.78, 5) is 32.8. The molecule has 4 atom stereocenters. The SMILES string of the molecule is C[C@@H](O)[C@H]1C(=O)N2C(C(=O)O)=C(SC3CN(C4=NCCN4)C3)[C@H](C)[C@H]12. The number of fused-ring (bicyclic) bond motifs is 1. The fraction of sp³-hybridized carbons (Fsp3) is 0.688. The number of carboxylic acid groups (broad SMARTS) is 1. The van der Waals surface area contributed by atoms with E-state index in [0.717, 1.165) is 37.0 Å². The molecule has 2 fully saturated rings. The molecule has 4 aliphatic heterocycles. The smallest absolute Gasteiger partial charge is 0.353 e. The molecule has 0 aromatic heterocycles. The van der Waals surface area contributed by atoms with E-state index in [2.05, 4.69) is 15.2 Å². The molecule has 4 heterocycles. The number of aliphatic hydroxyl groups is 1. The van der Waals surface area contributed by atoms with E-state index in [0.29, 0.717) is 0 Å². The second kappa shape index (κ2) is 5.91. The fourth-order valence-electron chi connectivity index (χ4n) is 4.14. The monoisotopic (exact) mass is 366 g/mol. The van der Waals surface area contributed by atoms with Crippen molar-refractivity contribution in [2.24, 2.45) is 16.8 Å². The molecule has 0 unspecified atom stereocenters. The number of carboxylic acids is 1. The summed E-state index contributed by atoms with van der Waals surface area (Å²) < 4.78 is 0. The zero-order chi connectivity index (χ0) is 17.9. The summed E-state index contributed by atoms with van der Waals surface area (Å²) in [7, 11) is 0. The number of carbonyl (C=O) groups is 2. The van der Waals surface area contributed by atoms with E-state index >= 15 is 0 Å². The van der Waals surface area contributed by atoms with Crippen molar-refractivity contribution < 1.29 is 19.8 Å². The van der Waals surface area contributed by atoms with E-state index in [1.807, 2.05) is 6.92 Å². The van der Waals surface area contributed by atoms with Gasteiger partial charge in [0.2, 0.25) is 5.91 Å². The molecule has 136 valence electrons. The van der Waals surface area contributed by atoms with Crippen molar-refractivity contribution in [1.82, 2.24) is 15.1 Å². The first-order valence-corrected chi connectivity index (χ1v) is 9.46. The third-order valence-electron chi connectivity index (χ3n) is 5.41. The van der Waals surface area contributed by atoms with Crippen LogP contribution in [0.5, 0.6) is 0 Å². The van der Waals surface area contributed by atoms with E-state index in [-0.39, 0.29) is 28.8 Å². The lowest BCUT2D eigenvalue weighted by molar-refractivity contribution is -0.163. The Kier molecular flexibility index (Phi) is 3.95. The van der Waals surface area contributed by atoms with E-state index < -0.39 is 18.0 Å². The van der Waals surface area contributed by atoms with Gasteiger partial charge >= 0.3 is 5.97 Å². The fourth-order valence-corrected chi connectivity index (χ4v) is 5.66. The maximum atomic E-state index is 12.3. The Morgan fingerprint density at radius 3 is 2.72 bits per heavy atom. The highest BCUT2D eigenvalue weighted by atomic mass is 32.2. The number of aliphatic carboxylic acids is 1. The third-order valence-corrected chi connectivity index (χ3v) is 6.86. The summed E-state index contributed by atoms with van der Waals surface area (Å²) >= 11 is 1.56. The third kappa shape index (κ3) is 2.43. The van der Waals surface area contributed by atoms with Crippen LogP contribution in [0.15, 0.2) is 15.6 Å². The van der Waals surface area contributed by atoms with E-state index in [4.69, 9.17) is 0 Å². The molecule has 0 radical (unpaired) electrons. The first-order valence-electron chi connectivity index (χ1n) is 8.58. The number of carbonyl (C=O) groups excluding carboxylic acids is 1. The van der Waals surface area contributed by atoms with Gasteiger partial charge in [-0.2, -0.15) is 0 Å². The van der Waals surface area contributed by atoms with Crippen LogP contribution in [0.4, 0.5) is 0 Å². The average Bonchev–Trinajstić information content (AvgIpc) is 3.08. The van der Waals surface area contributed by atoms with Gasteiger partial charge in [-0.1, -0.05) is 6.92 Å². The molecule has 0 bridgehead atoms. The minimum absolute atomic E-state index is 0.0654. The minimum atomic E-state index is -1.06. The van der Waals surface area contributed by atoms with Gasteiger partial charge in [-0.05, 0) is 6.92 Å². The van der Waals surface area contributed by atoms with Gasteiger partial charge in [0.1, 0.15) is 5.70 Å². The molecule has 0 aliphatic carbocycles. The van der Waals surface area contributed by atoms with Gasteiger partial charge in [-0.3, -0.25) is 9.79 Å². The highest BCUT2D eigenvalue weighted by Crippen LogP contribution is 2.51. The van der Waals surface area contributed by atoms with Gasteiger partial charge in [0.15, 0.2) is 5.96 Å². The van der Waals surface area contributed by atoms with Crippen LogP contribution in [0.2, 0.25) is 0 Å². The number of β-lactam (4-membered cyclic amide) rings is 1. The van der Waals surface area contributed by atoms with Crippen LogP contribution in [0.1, 0.15) is 13.8 Å². The number of hydrogen-bond acceptors (Lipinski definition) is 7. The molecule has 0 aromatic carbocycles. The Hall–Kier alpha value is -1.74. The summed E-state index contributed by atoms with van der Waals surface area (Å²) in [6.07, 6.45) is -0.763. The van der Waals surface area contributed by atoms with E-state index in [1.165, 1.54) is 4.90 Å². The maximum absolute atomic E-state index is 12.3. The molecule has 9 heteroatoms. The number of likely N-dealkylation sites (tertiary alicyclic amines) is 1. The normalized spacial score (nSPS) is 32.8. The van der Waals surface area contributed by atoms with Crippen LogP contribution in [-0.2, 0) is 9.59 Å². The Morgan fingerprint density at radius 2 is 2.16 bits per heavy atom. The molecular weight excluding hydrogens is 344 g/mol. The summed E-state index contributed by atoms with van der Waals surface area (Å²) in [6, 6.07) is -0.238. The molecule has 0 aromatic rings. The van der Waals surface area contributed by atoms with Crippen molar-refractivity contribution in [2.45, 2.75) is 31.2 Å². The number of thioether (sulfide) groups is 1. The minimum Gasteiger partial charge on any atom is -0.477 e. The van der Waals surface area contributed by atoms with Crippen LogP contribution in [0, 0.1) is 11.8 Å². The maximum Gasteiger partial charge on any atom is 0.353 e. The van der Waals surface area contributed by atoms with Gasteiger partial charge in [0, 0.05) is 35.7 Å². The number of nitrogens with one attached hydrogen (secondary N) is 1. The number of nitrogens with zero attached hydrogens (tertiary/aromatic N) is 3. The van der Waals surface area contributed by atoms with Crippen LogP contribution in [-0.4, -0.2) is 81.4 Å². The van der Waals surface area contributed by atoms with Crippen molar-refractivity contribution in [3.63, 3.8) is 0 Å². The lowest BCUT2D eigenvalue weighted by Gasteiger charge is -2.46. The number of aliphatic imine (C=N–C) groups is 1. The quantitative estimate of drug-likeness (QED) is 0.577. The predicted octanol–water partition coefficient (Wildman–Crippen LogP) is -0.483. The summed E-state index contributed by atoms with van der Waals surface area (Å²) in [5, 5.41) is 23.0. The zero-order valence-corrected chi connectivity index (χ0v) is 15.0. The van der Waals surface area contributed by atoms with Crippen LogP contribution < -0.4 is 5.32 Å². The number of hydrogen-bond donors (Lipinski definition) is 3. The van der Waals surface area contributed by atoms with Gasteiger partial charge in [0.25, 0.3) is 0 Å². The lowest BCUT2D eigenvalue weighted by Crippen LogP contribution is -2.63. The van der Waals surface area contributed by atoms with E-state index in [1.54, 1.807) is 18.7 Å². The summed E-state index contributed by atoms with van der Waals surface area (Å²) in [5.41, 5.74) is 0.110. The second-order valence-corrected chi connectivity index (χ2v) is 8.39. The van der Waals surface area contributed by atoms with Crippen molar-refractivity contribution in [3.05, 3.63) is 10.6 Å². The number of amides is 1. The standard InChI is InChI=1S/C16H22N4O4S/c1-7-11-10(8(2)21)14(22)20(11)12(15(23)24)13(7)25-9-5-19(6-9)16-17-3-4-18-16/h7-11,21H,3-6H2,1-2H3,(H,17,18)(H,23,24)/t7-,8-,10-,11-/m1/s1. The van der Waals surface area contributed by atoms with E-state index in [9.17, 15) is 19.8 Å².